The van der Waals surface area contributed by atoms with Crippen LogP contribution in [0.3, 0.4) is 0 Å². The minimum absolute atomic E-state index is 0.223. The third-order valence-electron chi connectivity index (χ3n) is 8.46. The maximum absolute atomic E-state index is 14.3. The third kappa shape index (κ3) is 3.06. The van der Waals surface area contributed by atoms with Gasteiger partial charge >= 0.3 is 0 Å². The molecule has 4 aromatic rings. The number of nitrogens with zero attached hydrogens (tertiary/aromatic N) is 1. The molecule has 1 spiro atoms. The summed E-state index contributed by atoms with van der Waals surface area (Å²) in [6, 6.07) is 27.1. The molecule has 3 atom stereocenters. The molecule has 0 unspecified atom stereocenters. The van der Waals surface area contributed by atoms with E-state index in [1.165, 1.54) is 4.90 Å². The van der Waals surface area contributed by atoms with Crippen molar-refractivity contribution in [3.63, 3.8) is 0 Å². The first-order valence-electron chi connectivity index (χ1n) is 13.2. The average Bonchev–Trinajstić information content (AvgIpc) is 3.52. The number of rotatable bonds is 3. The summed E-state index contributed by atoms with van der Waals surface area (Å²) in [5.41, 5.74) is 0.569. The molecule has 0 N–H and O–H groups in total. The number of ether oxygens (including phenoxy) is 1. The maximum atomic E-state index is 14.3. The van der Waals surface area contributed by atoms with Crippen LogP contribution in [0.1, 0.15) is 57.7 Å². The number of anilines is 1. The van der Waals surface area contributed by atoms with Crippen LogP contribution in [-0.2, 0) is 14.3 Å². The molecule has 1 aliphatic carbocycles. The van der Waals surface area contributed by atoms with Gasteiger partial charge in [-0.1, -0.05) is 98.8 Å². The first-order valence-corrected chi connectivity index (χ1v) is 13.2. The highest BCUT2D eigenvalue weighted by molar-refractivity contribution is 6.37. The van der Waals surface area contributed by atoms with Crippen LogP contribution in [0.4, 0.5) is 5.69 Å². The molecule has 2 heterocycles. The lowest BCUT2D eigenvalue weighted by Crippen LogP contribution is -2.51. The Balaban J connectivity index is 1.42. The molecule has 0 bridgehead atoms. The summed E-state index contributed by atoms with van der Waals surface area (Å²) in [5, 5.41) is 1.61. The van der Waals surface area contributed by atoms with Crippen molar-refractivity contribution in [3.05, 3.63) is 113 Å². The van der Waals surface area contributed by atoms with Gasteiger partial charge in [0.2, 0.25) is 29.0 Å². The zero-order valence-corrected chi connectivity index (χ0v) is 21.5. The van der Waals surface area contributed by atoms with E-state index < -0.39 is 46.9 Å². The van der Waals surface area contributed by atoms with Crippen molar-refractivity contribution >= 4 is 39.8 Å². The molecule has 3 aliphatic rings. The van der Waals surface area contributed by atoms with E-state index in [-0.39, 0.29) is 11.1 Å². The standard InChI is InChI=1S/C33H25NO5/c1-18(2)19-14-16-21(17-15-19)28-26-27(33(39-28)29(35)23-11-5-6-12-24(23)30(33)36)32(38)34(31(26)37)25-13-7-9-20-8-3-4-10-22(20)25/h3-18,26-28H,1-2H3/t26-,27+,28+/m1/s1. The Kier molecular flexibility index (Phi) is 5.03. The minimum atomic E-state index is -2.08. The van der Waals surface area contributed by atoms with E-state index in [0.717, 1.165) is 16.3 Å². The van der Waals surface area contributed by atoms with Crippen LogP contribution in [0.2, 0.25) is 0 Å². The van der Waals surface area contributed by atoms with Crippen molar-refractivity contribution in [3.8, 4) is 0 Å². The number of hydrogen-bond acceptors (Lipinski definition) is 5. The van der Waals surface area contributed by atoms with E-state index in [4.69, 9.17) is 4.74 Å². The number of amides is 2. The largest absolute Gasteiger partial charge is 0.349 e. The van der Waals surface area contributed by atoms with E-state index >= 15 is 0 Å². The van der Waals surface area contributed by atoms with Gasteiger partial charge in [0.15, 0.2) is 0 Å². The molecule has 2 fully saturated rings. The van der Waals surface area contributed by atoms with Crippen molar-refractivity contribution in [2.24, 2.45) is 11.8 Å². The number of carbonyl (C=O) groups excluding carboxylic acids is 4. The molecule has 2 aliphatic heterocycles. The molecule has 2 saturated heterocycles. The number of benzene rings is 4. The number of Topliss-reactive ketones (excluding diaryl/α,β-unsaturated/α-hetero) is 2. The van der Waals surface area contributed by atoms with Crippen LogP contribution in [-0.4, -0.2) is 29.0 Å². The molecule has 6 heteroatoms. The second-order valence-corrected chi connectivity index (χ2v) is 10.8. The molecule has 0 saturated carbocycles. The second-order valence-electron chi connectivity index (χ2n) is 10.8. The fourth-order valence-corrected chi connectivity index (χ4v) is 6.53. The molecule has 7 rings (SSSR count). The first kappa shape index (κ1) is 23.7. The van der Waals surface area contributed by atoms with E-state index in [9.17, 15) is 19.2 Å². The summed E-state index contributed by atoms with van der Waals surface area (Å²) in [6.07, 6.45) is -0.935. The van der Waals surface area contributed by atoms with Gasteiger partial charge in [-0.15, -0.1) is 0 Å². The normalized spacial score (nSPS) is 23.4. The molecule has 4 aromatic carbocycles. The topological polar surface area (TPSA) is 80.8 Å². The molecular formula is C33H25NO5. The van der Waals surface area contributed by atoms with Gasteiger partial charge in [0.05, 0.1) is 23.6 Å². The van der Waals surface area contributed by atoms with Crippen molar-refractivity contribution in [1.82, 2.24) is 0 Å². The van der Waals surface area contributed by atoms with E-state index in [1.54, 1.807) is 36.4 Å². The number of hydrogen-bond donors (Lipinski definition) is 0. The van der Waals surface area contributed by atoms with E-state index in [2.05, 4.69) is 13.8 Å². The monoisotopic (exact) mass is 515 g/mol. The molecule has 0 radical (unpaired) electrons. The summed E-state index contributed by atoms with van der Waals surface area (Å²) in [5.74, 6) is -4.16. The van der Waals surface area contributed by atoms with Crippen molar-refractivity contribution in [2.75, 3.05) is 4.90 Å². The van der Waals surface area contributed by atoms with Crippen LogP contribution in [0.25, 0.3) is 10.8 Å². The third-order valence-corrected chi connectivity index (χ3v) is 8.46. The summed E-state index contributed by atoms with van der Waals surface area (Å²) < 4.78 is 6.42. The Labute approximate surface area is 225 Å². The van der Waals surface area contributed by atoms with E-state index in [1.807, 2.05) is 54.6 Å². The lowest BCUT2D eigenvalue weighted by Gasteiger charge is -2.27. The van der Waals surface area contributed by atoms with Gasteiger partial charge in [0, 0.05) is 16.5 Å². The van der Waals surface area contributed by atoms with Crippen LogP contribution in [0.5, 0.6) is 0 Å². The zero-order chi connectivity index (χ0) is 27.1. The maximum Gasteiger partial charge on any atom is 0.241 e. The molecule has 192 valence electrons. The Morgan fingerprint density at radius 2 is 1.33 bits per heavy atom. The van der Waals surface area contributed by atoms with Crippen molar-refractivity contribution in [2.45, 2.75) is 31.5 Å². The molecular weight excluding hydrogens is 490 g/mol. The Hall–Kier alpha value is -4.42. The van der Waals surface area contributed by atoms with Crippen LogP contribution in [0, 0.1) is 11.8 Å². The summed E-state index contributed by atoms with van der Waals surface area (Å²) in [4.78, 5) is 57.6. The Morgan fingerprint density at radius 3 is 2.00 bits per heavy atom. The minimum Gasteiger partial charge on any atom is -0.349 e. The van der Waals surface area contributed by atoms with Gasteiger partial charge < -0.3 is 4.74 Å². The number of imide groups is 1. The summed E-state index contributed by atoms with van der Waals surface area (Å²) >= 11 is 0. The summed E-state index contributed by atoms with van der Waals surface area (Å²) in [7, 11) is 0. The molecule has 39 heavy (non-hydrogen) atoms. The smallest absolute Gasteiger partial charge is 0.241 e. The van der Waals surface area contributed by atoms with Gasteiger partial charge in [0.25, 0.3) is 0 Å². The van der Waals surface area contributed by atoms with Gasteiger partial charge in [-0.25, -0.2) is 4.90 Å². The molecule has 0 aromatic heterocycles. The Morgan fingerprint density at radius 1 is 0.718 bits per heavy atom. The average molecular weight is 516 g/mol. The predicted octanol–water partition coefficient (Wildman–Crippen LogP) is 5.66. The van der Waals surface area contributed by atoms with Crippen LogP contribution < -0.4 is 4.90 Å². The number of ketones is 2. The highest BCUT2D eigenvalue weighted by Gasteiger charge is 2.74. The number of carbonyl (C=O) groups is 4. The lowest BCUT2D eigenvalue weighted by atomic mass is 9.77. The predicted molar refractivity (Wildman–Crippen MR) is 146 cm³/mol. The van der Waals surface area contributed by atoms with Crippen LogP contribution >= 0.6 is 0 Å². The van der Waals surface area contributed by atoms with Crippen molar-refractivity contribution in [1.29, 1.82) is 0 Å². The lowest BCUT2D eigenvalue weighted by molar-refractivity contribution is -0.127. The van der Waals surface area contributed by atoms with Gasteiger partial charge in [-0.3, -0.25) is 19.2 Å². The summed E-state index contributed by atoms with van der Waals surface area (Å²) in [6.45, 7) is 4.17. The van der Waals surface area contributed by atoms with Gasteiger partial charge in [-0.2, -0.15) is 0 Å². The van der Waals surface area contributed by atoms with Crippen LogP contribution in [0.15, 0.2) is 91.0 Å². The Bertz CT molecular complexity index is 1680. The van der Waals surface area contributed by atoms with E-state index in [0.29, 0.717) is 17.2 Å². The zero-order valence-electron chi connectivity index (χ0n) is 21.5. The first-order chi connectivity index (χ1) is 18.8. The molecule has 2 amide bonds. The molecule has 6 nitrogen and oxygen atoms in total. The fourth-order valence-electron chi connectivity index (χ4n) is 6.53. The highest BCUT2D eigenvalue weighted by atomic mass is 16.5. The van der Waals surface area contributed by atoms with Gasteiger partial charge in [-0.05, 0) is 28.5 Å². The fraction of sp³-hybridized carbons (Fsp3) is 0.212. The van der Waals surface area contributed by atoms with Crippen molar-refractivity contribution < 1.29 is 23.9 Å². The quantitative estimate of drug-likeness (QED) is 0.260. The SMILES string of the molecule is CC(C)c1ccc([C@@H]2OC3(C(=O)c4ccccc4C3=O)[C@@H]3C(=O)N(c4cccc5ccccc45)C(=O)[C@H]32)cc1. The van der Waals surface area contributed by atoms with Gasteiger partial charge in [0.1, 0.15) is 0 Å². The highest BCUT2D eigenvalue weighted by Crippen LogP contribution is 2.58. The number of fused-ring (bicyclic) bond motifs is 4. The second kappa shape index (κ2) is 8.29.